The van der Waals surface area contributed by atoms with Crippen LogP contribution in [0.15, 0.2) is 78.0 Å². The molecular weight excluding hydrogens is 538 g/mol. The number of aromatic nitrogens is 3. The van der Waals surface area contributed by atoms with Gasteiger partial charge in [-0.3, -0.25) is 14.2 Å². The number of ether oxygens (including phenoxy) is 1. The number of methoxy groups -OCH3 is 1. The average Bonchev–Trinajstić information content (AvgIpc) is 3.34. The predicted molar refractivity (Wildman–Crippen MR) is 136 cm³/mol. The van der Waals surface area contributed by atoms with Crippen molar-refractivity contribution in [3.8, 4) is 11.4 Å². The molecule has 0 aliphatic rings. The molecule has 202 valence electrons. The first-order chi connectivity index (χ1) is 18.6. The van der Waals surface area contributed by atoms with Gasteiger partial charge >= 0.3 is 6.18 Å². The summed E-state index contributed by atoms with van der Waals surface area (Å²) in [6.45, 7) is -0.156. The maximum absolute atomic E-state index is 13.4. The van der Waals surface area contributed by atoms with Gasteiger partial charge in [0, 0.05) is 11.3 Å². The normalized spacial score (nSPS) is 11.2. The third-order valence-corrected chi connectivity index (χ3v) is 6.28. The highest BCUT2D eigenvalue weighted by Gasteiger charge is 2.31. The van der Waals surface area contributed by atoms with Crippen LogP contribution in [0.25, 0.3) is 5.69 Å². The molecule has 0 bridgehead atoms. The van der Waals surface area contributed by atoms with Crippen LogP contribution in [-0.4, -0.2) is 39.4 Å². The minimum atomic E-state index is -4.59. The molecule has 0 saturated heterocycles. The van der Waals surface area contributed by atoms with E-state index in [1.165, 1.54) is 48.1 Å². The molecule has 4 rings (SSSR count). The lowest BCUT2D eigenvalue weighted by atomic mass is 10.2. The van der Waals surface area contributed by atoms with E-state index in [0.29, 0.717) is 17.0 Å². The molecule has 3 aromatic carbocycles. The lowest BCUT2D eigenvalue weighted by Crippen LogP contribution is -2.24. The minimum absolute atomic E-state index is 0.102. The van der Waals surface area contributed by atoms with Gasteiger partial charge in [0.1, 0.15) is 11.6 Å². The van der Waals surface area contributed by atoms with Crippen LogP contribution in [-0.2, 0) is 17.5 Å². The number of alkyl halides is 3. The standard InChI is InChI=1S/C26H21F4N5O3S/c1-38-21-11-5-16(6-12-21)24(37)31-14-22-33-34-25(35(22)20-4-2-3-17(13-20)26(28,29)30)39-15-23(36)32-19-9-7-18(27)8-10-19/h2-13H,14-15H2,1H3,(H,31,37)(H,32,36). The molecular formula is C26H21F4N5O3S. The summed E-state index contributed by atoms with van der Waals surface area (Å²) >= 11 is 0.937. The Morgan fingerprint density at radius 2 is 1.72 bits per heavy atom. The van der Waals surface area contributed by atoms with Gasteiger partial charge in [-0.25, -0.2) is 4.39 Å². The summed E-state index contributed by atoms with van der Waals surface area (Å²) in [6.07, 6.45) is -4.59. The Kier molecular flexibility index (Phi) is 8.49. The van der Waals surface area contributed by atoms with Crippen molar-refractivity contribution in [2.45, 2.75) is 17.9 Å². The monoisotopic (exact) mass is 559 g/mol. The first-order valence-corrected chi connectivity index (χ1v) is 12.3. The number of hydrogen-bond acceptors (Lipinski definition) is 6. The highest BCUT2D eigenvalue weighted by Crippen LogP contribution is 2.31. The Morgan fingerprint density at radius 3 is 2.38 bits per heavy atom. The van der Waals surface area contributed by atoms with E-state index >= 15 is 0 Å². The fraction of sp³-hybridized carbons (Fsp3) is 0.154. The third-order valence-electron chi connectivity index (χ3n) is 5.35. The number of carbonyl (C=O) groups excluding carboxylic acids is 2. The molecule has 2 amide bonds. The molecule has 1 heterocycles. The second kappa shape index (κ2) is 12.0. The number of thioether (sulfide) groups is 1. The van der Waals surface area contributed by atoms with Gasteiger partial charge < -0.3 is 15.4 Å². The first kappa shape index (κ1) is 27.6. The Labute approximate surface area is 224 Å². The van der Waals surface area contributed by atoms with E-state index in [2.05, 4.69) is 20.8 Å². The van der Waals surface area contributed by atoms with Gasteiger partial charge in [0.15, 0.2) is 11.0 Å². The van der Waals surface area contributed by atoms with Crippen LogP contribution < -0.4 is 15.4 Å². The fourth-order valence-electron chi connectivity index (χ4n) is 3.45. The number of amides is 2. The molecule has 2 N–H and O–H groups in total. The van der Waals surface area contributed by atoms with Crippen molar-refractivity contribution < 1.29 is 31.9 Å². The quantitative estimate of drug-likeness (QED) is 0.219. The molecule has 13 heteroatoms. The number of hydrogen-bond donors (Lipinski definition) is 2. The highest BCUT2D eigenvalue weighted by atomic mass is 32.2. The van der Waals surface area contributed by atoms with Crippen LogP contribution in [0.5, 0.6) is 5.75 Å². The van der Waals surface area contributed by atoms with Crippen LogP contribution in [0.3, 0.4) is 0 Å². The van der Waals surface area contributed by atoms with Crippen molar-refractivity contribution in [1.82, 2.24) is 20.1 Å². The zero-order chi connectivity index (χ0) is 28.0. The van der Waals surface area contributed by atoms with Crippen molar-refractivity contribution >= 4 is 29.3 Å². The Bertz CT molecular complexity index is 1460. The van der Waals surface area contributed by atoms with E-state index in [-0.39, 0.29) is 29.0 Å². The van der Waals surface area contributed by atoms with Crippen molar-refractivity contribution in [2.24, 2.45) is 0 Å². The summed E-state index contributed by atoms with van der Waals surface area (Å²) in [5.41, 5.74) is -0.0619. The lowest BCUT2D eigenvalue weighted by molar-refractivity contribution is -0.137. The van der Waals surface area contributed by atoms with Gasteiger partial charge in [-0.05, 0) is 66.7 Å². The van der Waals surface area contributed by atoms with Crippen LogP contribution in [0, 0.1) is 5.82 Å². The second-order valence-corrected chi connectivity index (χ2v) is 8.98. The topological polar surface area (TPSA) is 98.1 Å². The SMILES string of the molecule is COc1ccc(C(=O)NCc2nnc(SCC(=O)Nc3ccc(F)cc3)n2-c2cccc(C(F)(F)F)c2)cc1. The number of carbonyl (C=O) groups is 2. The summed E-state index contributed by atoms with van der Waals surface area (Å²) in [5, 5.41) is 13.5. The molecule has 8 nitrogen and oxygen atoms in total. The molecule has 0 aliphatic carbocycles. The van der Waals surface area contributed by atoms with Crippen molar-refractivity contribution in [2.75, 3.05) is 18.2 Å². The van der Waals surface area contributed by atoms with Gasteiger partial charge in [0.25, 0.3) is 5.91 Å². The van der Waals surface area contributed by atoms with Gasteiger partial charge in [0.05, 0.1) is 30.7 Å². The molecule has 0 saturated carbocycles. The zero-order valence-electron chi connectivity index (χ0n) is 20.3. The van der Waals surface area contributed by atoms with E-state index < -0.39 is 29.4 Å². The molecule has 39 heavy (non-hydrogen) atoms. The number of nitrogens with one attached hydrogen (secondary N) is 2. The maximum atomic E-state index is 13.4. The van der Waals surface area contributed by atoms with Crippen LogP contribution in [0.2, 0.25) is 0 Å². The third kappa shape index (κ3) is 7.13. The molecule has 0 spiro atoms. The fourth-order valence-corrected chi connectivity index (χ4v) is 4.22. The first-order valence-electron chi connectivity index (χ1n) is 11.4. The maximum Gasteiger partial charge on any atom is 0.416 e. The number of nitrogens with zero attached hydrogens (tertiary/aromatic N) is 3. The Balaban J connectivity index is 1.55. The van der Waals surface area contributed by atoms with Crippen LogP contribution >= 0.6 is 11.8 Å². The molecule has 1 aromatic heterocycles. The predicted octanol–water partition coefficient (Wildman–Crippen LogP) is 5.09. The minimum Gasteiger partial charge on any atom is -0.497 e. The van der Waals surface area contributed by atoms with E-state index in [1.54, 1.807) is 24.3 Å². The van der Waals surface area contributed by atoms with E-state index in [4.69, 9.17) is 4.74 Å². The number of benzene rings is 3. The molecule has 0 aliphatic heterocycles. The van der Waals surface area contributed by atoms with Crippen molar-refractivity contribution in [1.29, 1.82) is 0 Å². The second-order valence-electron chi connectivity index (χ2n) is 8.04. The molecule has 4 aromatic rings. The number of rotatable bonds is 9. The highest BCUT2D eigenvalue weighted by molar-refractivity contribution is 7.99. The van der Waals surface area contributed by atoms with Gasteiger partial charge in [-0.1, -0.05) is 17.8 Å². The number of halogens is 4. The van der Waals surface area contributed by atoms with Crippen molar-refractivity contribution in [3.63, 3.8) is 0 Å². The molecule has 0 fully saturated rings. The van der Waals surface area contributed by atoms with E-state index in [9.17, 15) is 27.2 Å². The number of anilines is 1. The average molecular weight is 560 g/mol. The van der Waals surface area contributed by atoms with Gasteiger partial charge in [0.2, 0.25) is 5.91 Å². The largest absolute Gasteiger partial charge is 0.497 e. The summed E-state index contributed by atoms with van der Waals surface area (Å²) < 4.78 is 59.7. The Hall–Kier alpha value is -4.39. The smallest absolute Gasteiger partial charge is 0.416 e. The van der Waals surface area contributed by atoms with E-state index in [0.717, 1.165) is 23.9 Å². The summed E-state index contributed by atoms with van der Waals surface area (Å²) in [6, 6.07) is 16.1. The van der Waals surface area contributed by atoms with Gasteiger partial charge in [-0.2, -0.15) is 13.2 Å². The Morgan fingerprint density at radius 1 is 1.00 bits per heavy atom. The molecule has 0 atom stereocenters. The summed E-state index contributed by atoms with van der Waals surface area (Å²) in [5.74, 6) is -0.780. The van der Waals surface area contributed by atoms with Gasteiger partial charge in [-0.15, -0.1) is 10.2 Å². The van der Waals surface area contributed by atoms with Crippen LogP contribution in [0.1, 0.15) is 21.7 Å². The lowest BCUT2D eigenvalue weighted by Gasteiger charge is -2.13. The van der Waals surface area contributed by atoms with Crippen LogP contribution in [0.4, 0.5) is 23.2 Å². The van der Waals surface area contributed by atoms with E-state index in [1.807, 2.05) is 0 Å². The zero-order valence-corrected chi connectivity index (χ0v) is 21.1. The molecule has 0 radical (unpaired) electrons. The van der Waals surface area contributed by atoms with Crippen molar-refractivity contribution in [3.05, 3.63) is 95.6 Å². The summed E-state index contributed by atoms with van der Waals surface area (Å²) in [7, 11) is 1.50. The summed E-state index contributed by atoms with van der Waals surface area (Å²) in [4.78, 5) is 25.1. The molecule has 0 unspecified atom stereocenters.